The summed E-state index contributed by atoms with van der Waals surface area (Å²) in [5.41, 5.74) is 3.59. The van der Waals surface area contributed by atoms with Crippen LogP contribution in [-0.4, -0.2) is 13.7 Å². The second-order valence-electron chi connectivity index (χ2n) is 4.62. The summed E-state index contributed by atoms with van der Waals surface area (Å²) in [6, 6.07) is 16.6. The molecule has 2 rings (SSSR count). The molecule has 2 aromatic carbocycles. The fourth-order valence-corrected chi connectivity index (χ4v) is 1.91. The lowest BCUT2D eigenvalue weighted by Crippen LogP contribution is -1.99. The minimum Gasteiger partial charge on any atom is -0.489 e. The molecule has 0 aliphatic carbocycles. The molecule has 2 nitrogen and oxygen atoms in total. The van der Waals surface area contributed by atoms with E-state index in [1.165, 1.54) is 11.1 Å². The topological polar surface area (TPSA) is 18.5 Å². The van der Waals surface area contributed by atoms with E-state index in [1.807, 2.05) is 18.2 Å². The van der Waals surface area contributed by atoms with Gasteiger partial charge in [0, 0.05) is 7.11 Å². The summed E-state index contributed by atoms with van der Waals surface area (Å²) in [6.07, 6.45) is 0.915. The fraction of sp³-hybridized carbons (Fsp3) is 0.294. The van der Waals surface area contributed by atoms with Crippen LogP contribution in [0.25, 0.3) is 0 Å². The number of aryl methyl sites for hydroxylation is 1. The van der Waals surface area contributed by atoms with Gasteiger partial charge >= 0.3 is 0 Å². The molecule has 0 atom stereocenters. The highest BCUT2D eigenvalue weighted by molar-refractivity contribution is 5.37. The van der Waals surface area contributed by atoms with E-state index in [4.69, 9.17) is 9.47 Å². The monoisotopic (exact) mass is 256 g/mol. The van der Waals surface area contributed by atoms with Crippen LogP contribution in [0.1, 0.15) is 16.7 Å². The molecule has 0 bridgehead atoms. The third kappa shape index (κ3) is 4.11. The number of hydrogen-bond acceptors (Lipinski definition) is 2. The van der Waals surface area contributed by atoms with Crippen LogP contribution in [0.5, 0.6) is 5.75 Å². The first-order chi connectivity index (χ1) is 9.29. The number of hydrogen-bond donors (Lipinski definition) is 0. The molecule has 0 spiro atoms. The summed E-state index contributed by atoms with van der Waals surface area (Å²) in [5.74, 6) is 0.956. The van der Waals surface area contributed by atoms with Crippen molar-refractivity contribution in [2.24, 2.45) is 0 Å². The van der Waals surface area contributed by atoms with Gasteiger partial charge in [-0.05, 0) is 36.1 Å². The fourth-order valence-electron chi connectivity index (χ4n) is 1.91. The third-order valence-corrected chi connectivity index (χ3v) is 3.08. The molecule has 0 unspecified atom stereocenters. The number of benzene rings is 2. The average Bonchev–Trinajstić information content (AvgIpc) is 2.46. The molecule has 2 aromatic rings. The van der Waals surface area contributed by atoms with Gasteiger partial charge in [-0.3, -0.25) is 0 Å². The van der Waals surface area contributed by atoms with Crippen LogP contribution in [0.3, 0.4) is 0 Å². The summed E-state index contributed by atoms with van der Waals surface area (Å²) in [6.45, 7) is 3.41. The van der Waals surface area contributed by atoms with Crippen LogP contribution in [-0.2, 0) is 17.8 Å². The Morgan fingerprint density at radius 1 is 0.947 bits per heavy atom. The van der Waals surface area contributed by atoms with E-state index in [-0.39, 0.29) is 0 Å². The maximum absolute atomic E-state index is 5.90. The highest BCUT2D eigenvalue weighted by atomic mass is 16.5. The van der Waals surface area contributed by atoms with Crippen molar-refractivity contribution in [2.75, 3.05) is 13.7 Å². The van der Waals surface area contributed by atoms with E-state index in [9.17, 15) is 0 Å². The van der Waals surface area contributed by atoms with Gasteiger partial charge in [-0.15, -0.1) is 0 Å². The van der Waals surface area contributed by atoms with Crippen molar-refractivity contribution < 1.29 is 9.47 Å². The molecule has 0 aliphatic rings. The summed E-state index contributed by atoms with van der Waals surface area (Å²) >= 11 is 0. The van der Waals surface area contributed by atoms with Crippen molar-refractivity contribution in [1.82, 2.24) is 0 Å². The standard InChI is InChI=1S/C17H20O2/c1-14-8-9-15(10-11-18-2)12-17(14)19-13-16-6-4-3-5-7-16/h3-9,12H,10-11,13H2,1-2H3. The predicted octanol–water partition coefficient (Wildman–Crippen LogP) is 3.76. The van der Waals surface area contributed by atoms with Crippen molar-refractivity contribution in [2.45, 2.75) is 20.0 Å². The molecule has 0 N–H and O–H groups in total. The molecule has 2 heteroatoms. The SMILES string of the molecule is COCCc1ccc(C)c(OCc2ccccc2)c1. The molecule has 0 aromatic heterocycles. The lowest BCUT2D eigenvalue weighted by molar-refractivity contribution is 0.202. The quantitative estimate of drug-likeness (QED) is 0.783. The maximum atomic E-state index is 5.90. The average molecular weight is 256 g/mol. The van der Waals surface area contributed by atoms with Crippen molar-refractivity contribution in [3.05, 3.63) is 65.2 Å². The van der Waals surface area contributed by atoms with Gasteiger partial charge in [-0.25, -0.2) is 0 Å². The Balaban J connectivity index is 2.02. The number of rotatable bonds is 6. The Morgan fingerprint density at radius 3 is 2.47 bits per heavy atom. The smallest absolute Gasteiger partial charge is 0.122 e. The minimum atomic E-state index is 0.607. The highest BCUT2D eigenvalue weighted by Gasteiger charge is 2.02. The Labute approximate surface area is 115 Å². The van der Waals surface area contributed by atoms with Gasteiger partial charge in [0.2, 0.25) is 0 Å². The normalized spacial score (nSPS) is 10.4. The molecule has 0 saturated carbocycles. The first kappa shape index (κ1) is 13.6. The molecule has 100 valence electrons. The van der Waals surface area contributed by atoms with Crippen LogP contribution in [0, 0.1) is 6.92 Å². The molecular weight excluding hydrogens is 236 g/mol. The predicted molar refractivity (Wildman–Crippen MR) is 77.5 cm³/mol. The molecule has 0 fully saturated rings. The lowest BCUT2D eigenvalue weighted by atomic mass is 10.1. The summed E-state index contributed by atoms with van der Waals surface area (Å²) in [4.78, 5) is 0. The Morgan fingerprint density at radius 2 is 1.74 bits per heavy atom. The summed E-state index contributed by atoms with van der Waals surface area (Å²) in [5, 5.41) is 0. The van der Waals surface area contributed by atoms with Crippen molar-refractivity contribution in [1.29, 1.82) is 0 Å². The van der Waals surface area contributed by atoms with E-state index < -0.39 is 0 Å². The third-order valence-electron chi connectivity index (χ3n) is 3.08. The van der Waals surface area contributed by atoms with Gasteiger partial charge < -0.3 is 9.47 Å². The van der Waals surface area contributed by atoms with E-state index in [1.54, 1.807) is 7.11 Å². The summed E-state index contributed by atoms with van der Waals surface area (Å²) in [7, 11) is 1.72. The Hall–Kier alpha value is -1.80. The van der Waals surface area contributed by atoms with Gasteiger partial charge in [0.05, 0.1) is 6.61 Å². The zero-order valence-corrected chi connectivity index (χ0v) is 11.6. The molecule has 0 radical (unpaired) electrons. The molecule has 0 amide bonds. The van der Waals surface area contributed by atoms with Gasteiger partial charge in [0.25, 0.3) is 0 Å². The lowest BCUT2D eigenvalue weighted by Gasteiger charge is -2.11. The van der Waals surface area contributed by atoms with Crippen molar-refractivity contribution in [3.8, 4) is 5.75 Å². The number of ether oxygens (including phenoxy) is 2. The van der Waals surface area contributed by atoms with Crippen LogP contribution in [0.4, 0.5) is 0 Å². The first-order valence-corrected chi connectivity index (χ1v) is 6.55. The minimum absolute atomic E-state index is 0.607. The second kappa shape index (κ2) is 6.95. The summed E-state index contributed by atoms with van der Waals surface area (Å²) < 4.78 is 11.0. The number of methoxy groups -OCH3 is 1. The zero-order chi connectivity index (χ0) is 13.5. The van der Waals surface area contributed by atoms with Crippen LogP contribution >= 0.6 is 0 Å². The Kier molecular flexibility index (Phi) is 4.99. The first-order valence-electron chi connectivity index (χ1n) is 6.55. The van der Waals surface area contributed by atoms with E-state index in [0.29, 0.717) is 6.61 Å². The van der Waals surface area contributed by atoms with Gasteiger partial charge in [-0.2, -0.15) is 0 Å². The van der Waals surface area contributed by atoms with Crippen LogP contribution < -0.4 is 4.74 Å². The van der Waals surface area contributed by atoms with Crippen molar-refractivity contribution in [3.63, 3.8) is 0 Å². The Bertz CT molecular complexity index is 506. The van der Waals surface area contributed by atoms with Gasteiger partial charge in [0.1, 0.15) is 12.4 Å². The molecule has 0 aliphatic heterocycles. The van der Waals surface area contributed by atoms with Gasteiger partial charge in [-0.1, -0.05) is 42.5 Å². The van der Waals surface area contributed by atoms with Crippen molar-refractivity contribution >= 4 is 0 Å². The molecular formula is C17H20O2. The highest BCUT2D eigenvalue weighted by Crippen LogP contribution is 2.21. The largest absolute Gasteiger partial charge is 0.489 e. The molecule has 0 heterocycles. The molecule has 0 saturated heterocycles. The van der Waals surface area contributed by atoms with E-state index in [0.717, 1.165) is 24.3 Å². The van der Waals surface area contributed by atoms with E-state index in [2.05, 4.69) is 37.3 Å². The zero-order valence-electron chi connectivity index (χ0n) is 11.6. The van der Waals surface area contributed by atoms with Gasteiger partial charge in [0.15, 0.2) is 0 Å². The van der Waals surface area contributed by atoms with Crippen LogP contribution in [0.15, 0.2) is 48.5 Å². The van der Waals surface area contributed by atoms with E-state index >= 15 is 0 Å². The second-order valence-corrected chi connectivity index (χ2v) is 4.62. The molecule has 19 heavy (non-hydrogen) atoms. The maximum Gasteiger partial charge on any atom is 0.122 e. The van der Waals surface area contributed by atoms with Crippen LogP contribution in [0.2, 0.25) is 0 Å².